The van der Waals surface area contributed by atoms with Crippen LogP contribution in [0.25, 0.3) is 0 Å². The topological polar surface area (TPSA) is 46.5 Å². The summed E-state index contributed by atoms with van der Waals surface area (Å²) in [7, 11) is 1.68. The molecule has 1 atom stereocenters. The van der Waals surface area contributed by atoms with Gasteiger partial charge in [-0.05, 0) is 35.8 Å². The summed E-state index contributed by atoms with van der Waals surface area (Å²) in [5, 5.41) is 9.12. The molecule has 3 heteroatoms. The van der Waals surface area contributed by atoms with Gasteiger partial charge in [0, 0.05) is 5.92 Å². The standard InChI is InChI=1S/C16H22O3/c1-10(2)12-5-4-6-13(16(12)19-3)14(9-15(17)18)11-7-8-11/h4-6,10-11,14H,7-9H2,1-3H3,(H,17,18). The van der Waals surface area contributed by atoms with Crippen molar-refractivity contribution in [3.05, 3.63) is 29.3 Å². The van der Waals surface area contributed by atoms with Crippen molar-refractivity contribution in [2.75, 3.05) is 7.11 Å². The van der Waals surface area contributed by atoms with E-state index in [9.17, 15) is 4.79 Å². The van der Waals surface area contributed by atoms with Crippen LogP contribution in [0.5, 0.6) is 5.75 Å². The van der Waals surface area contributed by atoms with Gasteiger partial charge in [0.25, 0.3) is 0 Å². The van der Waals surface area contributed by atoms with Crippen molar-refractivity contribution in [2.45, 2.75) is 44.9 Å². The molecule has 1 aromatic rings. The van der Waals surface area contributed by atoms with Crippen molar-refractivity contribution in [3.8, 4) is 5.75 Å². The molecule has 1 unspecified atom stereocenters. The van der Waals surface area contributed by atoms with E-state index in [4.69, 9.17) is 9.84 Å². The van der Waals surface area contributed by atoms with Gasteiger partial charge in [-0.2, -0.15) is 0 Å². The molecule has 19 heavy (non-hydrogen) atoms. The molecule has 0 spiro atoms. The molecule has 1 aliphatic rings. The van der Waals surface area contributed by atoms with E-state index in [1.165, 1.54) is 0 Å². The van der Waals surface area contributed by atoms with Crippen LogP contribution in [0.3, 0.4) is 0 Å². The molecule has 1 saturated carbocycles. The van der Waals surface area contributed by atoms with Crippen molar-refractivity contribution in [1.29, 1.82) is 0 Å². The maximum atomic E-state index is 11.1. The summed E-state index contributed by atoms with van der Waals surface area (Å²) in [6.45, 7) is 4.26. The molecule has 0 aliphatic heterocycles. The first-order valence-corrected chi connectivity index (χ1v) is 6.93. The van der Waals surface area contributed by atoms with Crippen LogP contribution in [-0.4, -0.2) is 18.2 Å². The fourth-order valence-electron chi connectivity index (χ4n) is 2.77. The zero-order valence-electron chi connectivity index (χ0n) is 11.8. The predicted octanol–water partition coefficient (Wildman–Crippen LogP) is 3.79. The lowest BCUT2D eigenvalue weighted by atomic mass is 9.87. The number of para-hydroxylation sites is 1. The molecule has 0 radical (unpaired) electrons. The number of carboxylic acids is 1. The van der Waals surface area contributed by atoms with Crippen molar-refractivity contribution in [2.24, 2.45) is 5.92 Å². The summed E-state index contributed by atoms with van der Waals surface area (Å²) in [5.74, 6) is 1.13. The average Bonchev–Trinajstić information content (AvgIpc) is 3.18. The number of aliphatic carboxylic acids is 1. The fraction of sp³-hybridized carbons (Fsp3) is 0.562. The minimum atomic E-state index is -0.728. The Morgan fingerprint density at radius 1 is 1.37 bits per heavy atom. The first-order valence-electron chi connectivity index (χ1n) is 6.93. The average molecular weight is 262 g/mol. The monoisotopic (exact) mass is 262 g/mol. The van der Waals surface area contributed by atoms with E-state index in [0.29, 0.717) is 11.8 Å². The van der Waals surface area contributed by atoms with Crippen molar-refractivity contribution >= 4 is 5.97 Å². The van der Waals surface area contributed by atoms with Crippen LogP contribution in [0.4, 0.5) is 0 Å². The van der Waals surface area contributed by atoms with Crippen LogP contribution in [-0.2, 0) is 4.79 Å². The first kappa shape index (κ1) is 13.9. The fourth-order valence-corrected chi connectivity index (χ4v) is 2.77. The lowest BCUT2D eigenvalue weighted by Gasteiger charge is -2.21. The molecule has 104 valence electrons. The van der Waals surface area contributed by atoms with Gasteiger partial charge in [-0.25, -0.2) is 0 Å². The van der Waals surface area contributed by atoms with Crippen LogP contribution in [0.1, 0.15) is 56.1 Å². The number of carbonyl (C=O) groups is 1. The van der Waals surface area contributed by atoms with Crippen molar-refractivity contribution in [3.63, 3.8) is 0 Å². The Bertz CT molecular complexity index is 461. The van der Waals surface area contributed by atoms with Crippen LogP contribution in [0.15, 0.2) is 18.2 Å². The SMILES string of the molecule is COc1c(C(C)C)cccc1C(CC(=O)O)C1CC1. The highest BCUT2D eigenvalue weighted by molar-refractivity contribution is 5.68. The van der Waals surface area contributed by atoms with Gasteiger partial charge in [0.1, 0.15) is 5.75 Å². The Balaban J connectivity index is 2.40. The van der Waals surface area contributed by atoms with E-state index < -0.39 is 5.97 Å². The third kappa shape index (κ3) is 3.09. The predicted molar refractivity (Wildman–Crippen MR) is 74.8 cm³/mol. The Morgan fingerprint density at radius 3 is 2.47 bits per heavy atom. The summed E-state index contributed by atoms with van der Waals surface area (Å²) in [6, 6.07) is 6.11. The molecule has 1 N–H and O–H groups in total. The molecule has 1 aromatic carbocycles. The van der Waals surface area contributed by atoms with E-state index in [1.807, 2.05) is 12.1 Å². The number of methoxy groups -OCH3 is 1. The van der Waals surface area contributed by atoms with E-state index >= 15 is 0 Å². The van der Waals surface area contributed by atoms with Crippen LogP contribution in [0, 0.1) is 5.92 Å². The molecule has 0 amide bonds. The van der Waals surface area contributed by atoms with E-state index in [1.54, 1.807) is 7.11 Å². The molecular formula is C16H22O3. The molecule has 1 aliphatic carbocycles. The van der Waals surface area contributed by atoms with Gasteiger partial charge in [-0.15, -0.1) is 0 Å². The quantitative estimate of drug-likeness (QED) is 0.848. The molecule has 0 aromatic heterocycles. The maximum absolute atomic E-state index is 11.1. The van der Waals surface area contributed by atoms with Crippen LogP contribution >= 0.6 is 0 Å². The van der Waals surface area contributed by atoms with Gasteiger partial charge in [0.2, 0.25) is 0 Å². The smallest absolute Gasteiger partial charge is 0.303 e. The number of hydrogen-bond acceptors (Lipinski definition) is 2. The molecule has 0 bridgehead atoms. The highest BCUT2D eigenvalue weighted by Gasteiger charge is 2.35. The van der Waals surface area contributed by atoms with E-state index in [2.05, 4.69) is 19.9 Å². The van der Waals surface area contributed by atoms with Crippen LogP contribution in [0.2, 0.25) is 0 Å². The lowest BCUT2D eigenvalue weighted by Crippen LogP contribution is -2.11. The zero-order valence-corrected chi connectivity index (χ0v) is 11.8. The summed E-state index contributed by atoms with van der Waals surface area (Å²) >= 11 is 0. The lowest BCUT2D eigenvalue weighted by molar-refractivity contribution is -0.137. The Hall–Kier alpha value is -1.51. The van der Waals surface area contributed by atoms with Gasteiger partial charge in [0.15, 0.2) is 0 Å². The summed E-state index contributed by atoms with van der Waals surface area (Å²) in [6.07, 6.45) is 2.46. The highest BCUT2D eigenvalue weighted by Crippen LogP contribution is 2.48. The second-order valence-corrected chi connectivity index (χ2v) is 5.67. The number of rotatable bonds is 6. The number of carboxylic acid groups (broad SMARTS) is 1. The second kappa shape index (κ2) is 5.64. The largest absolute Gasteiger partial charge is 0.496 e. The second-order valence-electron chi connectivity index (χ2n) is 5.67. The third-order valence-electron chi connectivity index (χ3n) is 3.89. The minimum absolute atomic E-state index is 0.0890. The number of hydrogen-bond donors (Lipinski definition) is 1. The molecule has 0 heterocycles. The molecule has 3 nitrogen and oxygen atoms in total. The van der Waals surface area contributed by atoms with Gasteiger partial charge in [-0.1, -0.05) is 32.0 Å². The summed E-state index contributed by atoms with van der Waals surface area (Å²) < 4.78 is 5.59. The first-order chi connectivity index (χ1) is 9.04. The van der Waals surface area contributed by atoms with Gasteiger partial charge < -0.3 is 9.84 Å². The van der Waals surface area contributed by atoms with Gasteiger partial charge in [-0.3, -0.25) is 4.79 Å². The Labute approximate surface area is 114 Å². The Morgan fingerprint density at radius 2 is 2.00 bits per heavy atom. The van der Waals surface area contributed by atoms with Gasteiger partial charge >= 0.3 is 5.97 Å². The van der Waals surface area contributed by atoms with Gasteiger partial charge in [0.05, 0.1) is 13.5 Å². The summed E-state index contributed by atoms with van der Waals surface area (Å²) in [4.78, 5) is 11.1. The summed E-state index contributed by atoms with van der Waals surface area (Å²) in [5.41, 5.74) is 2.23. The molecular weight excluding hydrogens is 240 g/mol. The third-order valence-corrected chi connectivity index (χ3v) is 3.89. The van der Waals surface area contributed by atoms with Crippen molar-refractivity contribution in [1.82, 2.24) is 0 Å². The molecule has 2 rings (SSSR count). The van der Waals surface area contributed by atoms with E-state index in [-0.39, 0.29) is 12.3 Å². The highest BCUT2D eigenvalue weighted by atomic mass is 16.5. The zero-order chi connectivity index (χ0) is 14.0. The molecule has 1 fully saturated rings. The molecule has 0 saturated heterocycles. The van der Waals surface area contributed by atoms with E-state index in [0.717, 1.165) is 29.7 Å². The van der Waals surface area contributed by atoms with Crippen molar-refractivity contribution < 1.29 is 14.6 Å². The normalized spacial score (nSPS) is 16.4. The van der Waals surface area contributed by atoms with Crippen LogP contribution < -0.4 is 4.74 Å². The maximum Gasteiger partial charge on any atom is 0.303 e. The number of ether oxygens (including phenoxy) is 1. The number of benzene rings is 1. The Kier molecular flexibility index (Phi) is 4.13. The minimum Gasteiger partial charge on any atom is -0.496 e.